The zero-order chi connectivity index (χ0) is 110. The zero-order valence-electron chi connectivity index (χ0n) is 102. The van der Waals surface area contributed by atoms with E-state index < -0.39 is 0 Å². The normalized spacial score (nSPS) is 19.0. The lowest BCUT2D eigenvalue weighted by atomic mass is 9.90. The molecular formula is C131H231N15O2. The van der Waals surface area contributed by atoms with Crippen molar-refractivity contribution in [3.63, 3.8) is 0 Å². The van der Waals surface area contributed by atoms with E-state index in [9.17, 15) is 0 Å². The number of hydrogen-bond donors (Lipinski definition) is 9. The number of para-hydroxylation sites is 1. The van der Waals surface area contributed by atoms with Gasteiger partial charge in [0, 0.05) is 163 Å². The number of ether oxygens (including phenoxy) is 2. The van der Waals surface area contributed by atoms with E-state index >= 15 is 0 Å². The molecule has 7 fully saturated rings. The average molecular weight is 2050 g/mol. The number of fused-ring (bicyclic) bond motifs is 1. The lowest BCUT2D eigenvalue weighted by molar-refractivity contribution is 0.118. The van der Waals surface area contributed by atoms with E-state index in [1.807, 2.05) is 12.1 Å². The Morgan fingerprint density at radius 3 is 0.973 bits per heavy atom. The van der Waals surface area contributed by atoms with Crippen LogP contribution in [0.5, 0.6) is 11.5 Å². The summed E-state index contributed by atoms with van der Waals surface area (Å²) < 4.78 is 11.3. The number of hydrogen-bond acceptors (Lipinski definition) is 17. The molecule has 6 heterocycles. The van der Waals surface area contributed by atoms with Gasteiger partial charge in [-0.1, -0.05) is 206 Å². The number of anilines is 1. The number of benzene rings is 6. The highest BCUT2D eigenvalue weighted by Crippen LogP contribution is 2.33. The quantitative estimate of drug-likeness (QED) is 0.0229. The third-order valence-electron chi connectivity index (χ3n) is 28.5. The summed E-state index contributed by atoms with van der Waals surface area (Å²) in [5, 5.41) is 32.8. The van der Waals surface area contributed by atoms with E-state index in [0.29, 0.717) is 70.8 Å². The third kappa shape index (κ3) is 61.5. The van der Waals surface area contributed by atoms with Gasteiger partial charge in [0.25, 0.3) is 0 Å². The topological polar surface area (TPSA) is 146 Å². The van der Waals surface area contributed by atoms with Crippen molar-refractivity contribution >= 4 is 5.69 Å². The summed E-state index contributed by atoms with van der Waals surface area (Å²) in [4.78, 5) is 15.1. The van der Waals surface area contributed by atoms with Gasteiger partial charge in [0.1, 0.15) is 17.6 Å². The molecule has 0 spiro atoms. The van der Waals surface area contributed by atoms with Crippen LogP contribution in [-0.2, 0) is 19.5 Å². The molecule has 17 nitrogen and oxygen atoms in total. The highest BCUT2D eigenvalue weighted by molar-refractivity contribution is 5.46. The molecule has 842 valence electrons. The molecule has 2 aliphatic carbocycles. The van der Waals surface area contributed by atoms with Crippen molar-refractivity contribution in [1.29, 1.82) is 0 Å². The standard InChI is InChI=1S/C23H32N2.C18H31N3.C18H28N2O.C18H30N2.C17H28N2O.C12H27N.C10H21N.C9H19N.C6H15N/c1-23(2,3)24-21-14-16-25(17-15-21)18-22(19-10-6-4-7-11-19)20-12-8-5-9-13-20;1-18(2,3)19-16-10-12-21(13-11-16)14-15-6-8-17(9-7-15)20(4)5;1-18(2,3)19-15-8-10-20(11-9-15)13-16-12-14-6-4-5-7-17(14)21-16;1-15(16-8-6-5-7-9-16)14-20-12-10-17(11-13-20)19-18(2,3)4;1-17(2,3)18-15-9-11-19(12-10-15)13-14-5-7-16(20-4)8-6-14;1-10(2)8-7-9-11(3)13-12(4,5)6;1-10(2,3)11-9-7-5-4-6-8-9;1-9(2,3)10-8-6-4-5-7-8;1-5-7-6(2,3)4/h4-13,21-22,24H,14-18H2,1-3H3;6-9,16,19H,10-14H2,1-5H3;4-7,15-16,19H,8-13H2,1-3H3;5-9,15,17,19H,10-14H2,1-4H3;5-8,15,18H,9-13H2,1-4H3;10-11,13H,7-9H2,1-6H3;9,11H,4-8H2,1-3H3;8,10H,4-7H2,1-3H3;7H,5H2,1-4H3. The Morgan fingerprint density at radius 2 is 0.655 bits per heavy atom. The van der Waals surface area contributed by atoms with Crippen LogP contribution < -0.4 is 62.2 Å². The molecule has 5 saturated heterocycles. The Morgan fingerprint density at radius 1 is 0.338 bits per heavy atom. The summed E-state index contributed by atoms with van der Waals surface area (Å²) in [5.41, 5.74) is 12.0. The molecule has 17 heteroatoms. The van der Waals surface area contributed by atoms with Gasteiger partial charge >= 0.3 is 0 Å². The average Bonchev–Trinajstić information content (AvgIpc) is 1.72. The second kappa shape index (κ2) is 65.2. The van der Waals surface area contributed by atoms with Crippen LogP contribution in [0.4, 0.5) is 5.69 Å². The first-order valence-corrected chi connectivity index (χ1v) is 59.1. The summed E-state index contributed by atoms with van der Waals surface area (Å²) in [6.07, 6.45) is 30.6. The molecule has 8 aliphatic rings. The first kappa shape index (κ1) is 131. The van der Waals surface area contributed by atoms with Crippen molar-refractivity contribution in [2.75, 3.05) is 118 Å². The Bertz CT molecular complexity index is 4250. The number of piperidine rings is 5. The molecule has 6 aliphatic heterocycles. The molecule has 6 aromatic rings. The minimum Gasteiger partial charge on any atom is -0.497 e. The predicted octanol–water partition coefficient (Wildman–Crippen LogP) is 27.3. The van der Waals surface area contributed by atoms with Gasteiger partial charge in [-0.2, -0.15) is 0 Å². The predicted molar refractivity (Wildman–Crippen MR) is 647 cm³/mol. The molecule has 9 N–H and O–H groups in total. The van der Waals surface area contributed by atoms with Crippen LogP contribution in [0.1, 0.15) is 408 Å². The van der Waals surface area contributed by atoms with E-state index in [-0.39, 0.29) is 33.2 Å². The number of methoxy groups -OCH3 is 1. The van der Waals surface area contributed by atoms with Crippen molar-refractivity contribution in [3.8, 4) is 11.5 Å². The van der Waals surface area contributed by atoms with Crippen LogP contribution in [0, 0.1) is 5.92 Å². The minimum atomic E-state index is 0.212. The molecule has 0 amide bonds. The molecule has 2 saturated carbocycles. The second-order valence-electron chi connectivity index (χ2n) is 54.9. The van der Waals surface area contributed by atoms with Gasteiger partial charge in [0.2, 0.25) is 0 Å². The number of nitrogens with one attached hydrogen (secondary N) is 9. The van der Waals surface area contributed by atoms with Crippen molar-refractivity contribution in [2.24, 2.45) is 5.92 Å². The van der Waals surface area contributed by atoms with E-state index in [2.05, 4.69) is 465 Å². The summed E-state index contributed by atoms with van der Waals surface area (Å²) in [6.45, 7) is 90.3. The number of rotatable bonds is 28. The molecule has 3 atom stereocenters. The zero-order valence-corrected chi connectivity index (χ0v) is 102. The number of nitrogens with zero attached hydrogens (tertiary/aromatic N) is 6. The van der Waals surface area contributed by atoms with Crippen LogP contribution in [0.15, 0.2) is 164 Å². The molecule has 0 bridgehead atoms. The van der Waals surface area contributed by atoms with Crippen LogP contribution in [0.3, 0.4) is 0 Å². The van der Waals surface area contributed by atoms with Gasteiger partial charge < -0.3 is 72.0 Å². The summed E-state index contributed by atoms with van der Waals surface area (Å²) in [5.74, 6) is 3.95. The molecule has 3 unspecified atom stereocenters. The molecule has 0 radical (unpaired) electrons. The summed E-state index contributed by atoms with van der Waals surface area (Å²) in [6, 6.07) is 64.2. The molecular weight excluding hydrogens is 1820 g/mol. The molecule has 6 aromatic carbocycles. The maximum atomic E-state index is 6.06. The largest absolute Gasteiger partial charge is 0.497 e. The Kier molecular flexibility index (Phi) is 57.7. The Labute approximate surface area is 912 Å². The Balaban J connectivity index is 0.000000259. The first-order valence-electron chi connectivity index (χ1n) is 59.1. The highest BCUT2D eigenvalue weighted by atomic mass is 16.5. The fraction of sp³-hybridized carbons (Fsp3) is 0.725. The van der Waals surface area contributed by atoms with Crippen LogP contribution in [0.2, 0.25) is 0 Å². The van der Waals surface area contributed by atoms with Crippen molar-refractivity contribution in [1.82, 2.24) is 72.4 Å². The van der Waals surface area contributed by atoms with Gasteiger partial charge in [-0.25, -0.2) is 0 Å². The third-order valence-corrected chi connectivity index (χ3v) is 28.5. The van der Waals surface area contributed by atoms with Crippen molar-refractivity contribution in [2.45, 2.75) is 498 Å². The lowest BCUT2D eigenvalue weighted by Gasteiger charge is -2.37. The monoisotopic (exact) mass is 2050 g/mol. The van der Waals surface area contributed by atoms with Gasteiger partial charge in [-0.15, -0.1) is 0 Å². The van der Waals surface area contributed by atoms with Crippen LogP contribution in [-0.4, -0.2) is 242 Å². The number of likely N-dealkylation sites (tertiary alicyclic amines) is 5. The van der Waals surface area contributed by atoms with E-state index in [4.69, 9.17) is 9.47 Å². The molecule has 14 rings (SSSR count). The van der Waals surface area contributed by atoms with Crippen molar-refractivity contribution < 1.29 is 9.47 Å². The second-order valence-corrected chi connectivity index (χ2v) is 54.9. The summed E-state index contributed by atoms with van der Waals surface area (Å²) >= 11 is 0. The SMILES string of the molecule is CC(C)(C)NC1CCCC1.CC(C)(C)NC1CCCCC1.CC(C)(C)NC1CCN(CC(c2ccccc2)c2ccccc2)CC1.CC(C)(C)NC1CCN(CC2Cc3ccccc3O2)CC1.CC(C)CCCC(C)NC(C)(C)C.CC(CN1CCC(NC(C)(C)C)CC1)c1ccccc1.CCNC(C)(C)C.CN(C)c1ccc(CN2CCC(NC(C)(C)C)CC2)cc1.COc1ccc(CN2CCC(NC(C)(C)C)CC2)cc1. The lowest BCUT2D eigenvalue weighted by Crippen LogP contribution is -2.50. The van der Waals surface area contributed by atoms with E-state index in [0.717, 1.165) is 68.6 Å². The Hall–Kier alpha value is -5.84. The van der Waals surface area contributed by atoms with E-state index in [1.165, 1.54) is 252 Å². The smallest absolute Gasteiger partial charge is 0.123 e. The minimum absolute atomic E-state index is 0.212. The van der Waals surface area contributed by atoms with Gasteiger partial charge in [-0.05, 0) is 438 Å². The van der Waals surface area contributed by atoms with E-state index in [1.54, 1.807) is 7.11 Å². The van der Waals surface area contributed by atoms with Crippen molar-refractivity contribution in [3.05, 3.63) is 197 Å². The van der Waals surface area contributed by atoms with Gasteiger partial charge in [0.15, 0.2) is 0 Å². The van der Waals surface area contributed by atoms with Crippen LogP contribution >= 0.6 is 0 Å². The molecule has 148 heavy (non-hydrogen) atoms. The maximum Gasteiger partial charge on any atom is 0.123 e. The fourth-order valence-electron chi connectivity index (χ4n) is 22.1. The molecule has 0 aromatic heterocycles. The fourth-order valence-corrected chi connectivity index (χ4v) is 22.1. The van der Waals surface area contributed by atoms with Gasteiger partial charge in [0.05, 0.1) is 7.11 Å². The summed E-state index contributed by atoms with van der Waals surface area (Å²) in [7, 11) is 5.88. The highest BCUT2D eigenvalue weighted by Gasteiger charge is 2.33. The maximum absolute atomic E-state index is 6.06. The van der Waals surface area contributed by atoms with Gasteiger partial charge in [-0.3, -0.25) is 14.7 Å². The first-order chi connectivity index (χ1) is 69.3. The van der Waals surface area contributed by atoms with Crippen LogP contribution in [0.25, 0.3) is 0 Å².